The van der Waals surface area contributed by atoms with Crippen molar-refractivity contribution in [1.29, 1.82) is 0 Å². The van der Waals surface area contributed by atoms with E-state index in [1.807, 2.05) is 7.05 Å². The Morgan fingerprint density at radius 2 is 2.17 bits per heavy atom. The summed E-state index contributed by atoms with van der Waals surface area (Å²) in [6, 6.07) is 4.80. The van der Waals surface area contributed by atoms with Gasteiger partial charge in [-0.15, -0.1) is 12.4 Å². The Bertz CT molecular complexity index is 526. The molecule has 2 rings (SSSR count). The molecule has 0 aromatic heterocycles. The number of alkyl halides is 3. The summed E-state index contributed by atoms with van der Waals surface area (Å²) in [4.78, 5) is 13.7. The van der Waals surface area contributed by atoms with Crippen molar-refractivity contribution in [2.75, 3.05) is 26.7 Å². The fraction of sp³-hybridized carbons (Fsp3) is 0.533. The fourth-order valence-electron chi connectivity index (χ4n) is 2.44. The number of carbonyl (C=O) groups excluding carboxylic acids is 1. The molecule has 1 aromatic carbocycles. The van der Waals surface area contributed by atoms with Crippen LogP contribution in [0.5, 0.6) is 5.75 Å². The number of ether oxygens (including phenoxy) is 1. The normalized spacial score (nSPS) is 18.3. The summed E-state index contributed by atoms with van der Waals surface area (Å²) in [7, 11) is 1.85. The highest BCUT2D eigenvalue weighted by Gasteiger charge is 2.30. The Morgan fingerprint density at radius 1 is 1.43 bits per heavy atom. The van der Waals surface area contributed by atoms with Crippen LogP contribution in [-0.2, 0) is 11.0 Å². The van der Waals surface area contributed by atoms with Gasteiger partial charge < -0.3 is 15.0 Å². The number of halogens is 4. The Kier molecular flexibility index (Phi) is 7.15. The van der Waals surface area contributed by atoms with Gasteiger partial charge >= 0.3 is 6.18 Å². The zero-order valence-corrected chi connectivity index (χ0v) is 13.5. The quantitative estimate of drug-likeness (QED) is 0.906. The highest BCUT2D eigenvalue weighted by Crippen LogP contribution is 2.31. The molecule has 1 aliphatic heterocycles. The van der Waals surface area contributed by atoms with Crippen LogP contribution in [0.4, 0.5) is 13.2 Å². The first kappa shape index (κ1) is 19.6. The fourth-order valence-corrected chi connectivity index (χ4v) is 2.44. The molecule has 1 unspecified atom stereocenters. The van der Waals surface area contributed by atoms with Gasteiger partial charge in [-0.1, -0.05) is 6.07 Å². The summed E-state index contributed by atoms with van der Waals surface area (Å²) < 4.78 is 43.0. The molecular formula is C15H20ClF3N2O2. The van der Waals surface area contributed by atoms with Crippen molar-refractivity contribution >= 4 is 18.3 Å². The van der Waals surface area contributed by atoms with E-state index in [2.05, 4.69) is 5.32 Å². The predicted molar refractivity (Wildman–Crippen MR) is 82.8 cm³/mol. The molecule has 0 bridgehead atoms. The standard InChI is InChI=1S/C15H19F3N2O2.ClH/c1-19-12-5-3-7-20(9-12)14(21)10-22-13-6-2-4-11(8-13)15(16,17)18;/h2,4,6,8,12,19H,3,5,7,9-10H2,1H3;1H. The number of carbonyl (C=O) groups is 1. The van der Waals surface area contributed by atoms with Gasteiger partial charge in [0.1, 0.15) is 5.75 Å². The third kappa shape index (κ3) is 5.58. The highest BCUT2D eigenvalue weighted by atomic mass is 35.5. The lowest BCUT2D eigenvalue weighted by molar-refractivity contribution is -0.137. The number of hydrogen-bond acceptors (Lipinski definition) is 3. The number of piperidine rings is 1. The van der Waals surface area contributed by atoms with E-state index in [9.17, 15) is 18.0 Å². The molecular weight excluding hydrogens is 333 g/mol. The summed E-state index contributed by atoms with van der Waals surface area (Å²) in [5.41, 5.74) is -0.786. The number of likely N-dealkylation sites (N-methyl/N-ethyl adjacent to an activating group) is 1. The maximum Gasteiger partial charge on any atom is 0.416 e. The third-order valence-electron chi connectivity index (χ3n) is 3.71. The first-order valence-corrected chi connectivity index (χ1v) is 7.15. The molecule has 0 spiro atoms. The molecule has 0 radical (unpaired) electrons. The second kappa shape index (κ2) is 8.40. The number of nitrogens with zero attached hydrogens (tertiary/aromatic N) is 1. The van der Waals surface area contributed by atoms with Crippen molar-refractivity contribution in [1.82, 2.24) is 10.2 Å². The zero-order chi connectivity index (χ0) is 16.2. The molecule has 8 heteroatoms. The lowest BCUT2D eigenvalue weighted by Gasteiger charge is -2.32. The maximum absolute atomic E-state index is 12.6. The van der Waals surface area contributed by atoms with Gasteiger partial charge in [-0.2, -0.15) is 13.2 Å². The highest BCUT2D eigenvalue weighted by molar-refractivity contribution is 5.85. The van der Waals surface area contributed by atoms with Crippen molar-refractivity contribution < 1.29 is 22.7 Å². The van der Waals surface area contributed by atoms with E-state index < -0.39 is 11.7 Å². The smallest absolute Gasteiger partial charge is 0.416 e. The van der Waals surface area contributed by atoms with E-state index in [-0.39, 0.29) is 36.7 Å². The summed E-state index contributed by atoms with van der Waals surface area (Å²) in [5.74, 6) is -0.164. The molecule has 1 aliphatic rings. The van der Waals surface area contributed by atoms with E-state index in [0.29, 0.717) is 13.1 Å². The second-order valence-corrected chi connectivity index (χ2v) is 5.28. The Balaban J connectivity index is 0.00000264. The van der Waals surface area contributed by atoms with Crippen molar-refractivity contribution in [3.05, 3.63) is 29.8 Å². The van der Waals surface area contributed by atoms with Crippen molar-refractivity contribution in [2.24, 2.45) is 0 Å². The molecule has 0 saturated carbocycles. The second-order valence-electron chi connectivity index (χ2n) is 5.28. The molecule has 1 atom stereocenters. The monoisotopic (exact) mass is 352 g/mol. The largest absolute Gasteiger partial charge is 0.484 e. The number of nitrogens with one attached hydrogen (secondary N) is 1. The van der Waals surface area contributed by atoms with Gasteiger partial charge in [-0.3, -0.25) is 4.79 Å². The van der Waals surface area contributed by atoms with Crippen LogP contribution in [0.25, 0.3) is 0 Å². The summed E-state index contributed by atoms with van der Waals surface area (Å²) in [5, 5.41) is 3.13. The van der Waals surface area contributed by atoms with Gasteiger partial charge in [-0.25, -0.2) is 0 Å². The average Bonchev–Trinajstić information content (AvgIpc) is 2.52. The summed E-state index contributed by atoms with van der Waals surface area (Å²) >= 11 is 0. The Labute approximate surface area is 139 Å². The minimum absolute atomic E-state index is 0. The number of amides is 1. The Hall–Kier alpha value is -1.47. The molecule has 130 valence electrons. The molecule has 4 nitrogen and oxygen atoms in total. The van der Waals surface area contributed by atoms with Crippen LogP contribution in [0, 0.1) is 0 Å². The molecule has 1 heterocycles. The minimum Gasteiger partial charge on any atom is -0.484 e. The molecule has 1 N–H and O–H groups in total. The number of likely N-dealkylation sites (tertiary alicyclic amines) is 1. The van der Waals surface area contributed by atoms with E-state index >= 15 is 0 Å². The Morgan fingerprint density at radius 3 is 2.83 bits per heavy atom. The van der Waals surface area contributed by atoms with E-state index in [0.717, 1.165) is 25.0 Å². The maximum atomic E-state index is 12.6. The van der Waals surface area contributed by atoms with Crippen LogP contribution in [0.1, 0.15) is 18.4 Å². The van der Waals surface area contributed by atoms with E-state index in [1.165, 1.54) is 12.1 Å². The summed E-state index contributed by atoms with van der Waals surface area (Å²) in [6.07, 6.45) is -2.51. The number of hydrogen-bond donors (Lipinski definition) is 1. The van der Waals surface area contributed by atoms with Gasteiger partial charge in [0.05, 0.1) is 5.56 Å². The minimum atomic E-state index is -4.42. The van der Waals surface area contributed by atoms with Crippen LogP contribution in [-0.4, -0.2) is 43.6 Å². The van der Waals surface area contributed by atoms with Crippen LogP contribution < -0.4 is 10.1 Å². The SMILES string of the molecule is CNC1CCCN(C(=O)COc2cccc(C(F)(F)F)c2)C1.Cl. The van der Waals surface area contributed by atoms with Crippen LogP contribution in [0.15, 0.2) is 24.3 Å². The van der Waals surface area contributed by atoms with E-state index in [4.69, 9.17) is 4.74 Å². The molecule has 1 saturated heterocycles. The number of rotatable bonds is 4. The molecule has 0 aliphatic carbocycles. The summed E-state index contributed by atoms with van der Waals surface area (Å²) in [6.45, 7) is 1.00. The number of benzene rings is 1. The van der Waals surface area contributed by atoms with E-state index in [1.54, 1.807) is 4.90 Å². The van der Waals surface area contributed by atoms with Gasteiger partial charge in [0.2, 0.25) is 0 Å². The van der Waals surface area contributed by atoms with Crippen LogP contribution in [0.3, 0.4) is 0 Å². The third-order valence-corrected chi connectivity index (χ3v) is 3.71. The lowest BCUT2D eigenvalue weighted by atomic mass is 10.1. The topological polar surface area (TPSA) is 41.6 Å². The molecule has 1 aromatic rings. The van der Waals surface area contributed by atoms with Crippen LogP contribution in [0.2, 0.25) is 0 Å². The first-order valence-electron chi connectivity index (χ1n) is 7.15. The van der Waals surface area contributed by atoms with Gasteiger partial charge in [0.15, 0.2) is 6.61 Å². The zero-order valence-electron chi connectivity index (χ0n) is 12.7. The first-order chi connectivity index (χ1) is 10.4. The average molecular weight is 353 g/mol. The molecule has 23 heavy (non-hydrogen) atoms. The van der Waals surface area contributed by atoms with Gasteiger partial charge in [0.25, 0.3) is 5.91 Å². The van der Waals surface area contributed by atoms with Crippen molar-refractivity contribution in [3.8, 4) is 5.75 Å². The molecule has 1 amide bonds. The van der Waals surface area contributed by atoms with Crippen molar-refractivity contribution in [2.45, 2.75) is 25.1 Å². The predicted octanol–water partition coefficient (Wildman–Crippen LogP) is 2.72. The molecule has 1 fully saturated rings. The van der Waals surface area contributed by atoms with Crippen LogP contribution >= 0.6 is 12.4 Å². The van der Waals surface area contributed by atoms with Gasteiger partial charge in [0, 0.05) is 19.1 Å². The lowest BCUT2D eigenvalue weighted by Crippen LogP contribution is -2.48. The van der Waals surface area contributed by atoms with Crippen molar-refractivity contribution in [3.63, 3.8) is 0 Å². The van der Waals surface area contributed by atoms with Gasteiger partial charge in [-0.05, 0) is 38.1 Å².